The van der Waals surface area contributed by atoms with E-state index in [9.17, 15) is 14.4 Å². The van der Waals surface area contributed by atoms with Crippen molar-refractivity contribution in [2.24, 2.45) is 5.92 Å². The van der Waals surface area contributed by atoms with Crippen molar-refractivity contribution in [3.8, 4) is 11.5 Å². The Bertz CT molecular complexity index is 1250. The highest BCUT2D eigenvalue weighted by Crippen LogP contribution is 2.29. The third-order valence-corrected chi connectivity index (χ3v) is 5.98. The van der Waals surface area contributed by atoms with Crippen molar-refractivity contribution in [3.63, 3.8) is 0 Å². The summed E-state index contributed by atoms with van der Waals surface area (Å²) < 4.78 is 10.9. The second-order valence-corrected chi connectivity index (χ2v) is 8.94. The molecule has 1 saturated heterocycles. The Balaban J connectivity index is 1.30. The molecule has 0 radical (unpaired) electrons. The Morgan fingerprint density at radius 1 is 1.00 bits per heavy atom. The number of nitrogens with zero attached hydrogens (tertiary/aromatic N) is 1. The molecule has 1 atom stereocenters. The van der Waals surface area contributed by atoms with Crippen molar-refractivity contribution in [1.82, 2.24) is 0 Å². The number of rotatable bonds is 7. The summed E-state index contributed by atoms with van der Waals surface area (Å²) in [5.74, 6) is -0.709. The summed E-state index contributed by atoms with van der Waals surface area (Å²) in [6, 6.07) is 19.4. The molecule has 9 heteroatoms. The molecule has 0 bridgehead atoms. The number of aryl methyl sites for hydroxylation is 1. The van der Waals surface area contributed by atoms with Gasteiger partial charge in [0, 0.05) is 23.7 Å². The van der Waals surface area contributed by atoms with Crippen LogP contribution in [0.25, 0.3) is 0 Å². The maximum Gasteiger partial charge on any atom is 0.311 e. The standard InChI is InChI=1S/C26H22Cl2N2O5/c1-16-2-7-20(8-3-16)35-21-9-5-19(6-10-21)30-14-17(12-25(30)32)26(33)34-15-24(31)29-23-13-18(27)4-11-22(23)28/h2-11,13,17H,12,14-15H2,1H3,(H,29,31)/t17-/m0/s1. The fourth-order valence-corrected chi connectivity index (χ4v) is 3.92. The van der Waals surface area contributed by atoms with Crippen LogP contribution in [0.2, 0.25) is 10.0 Å². The lowest BCUT2D eigenvalue weighted by Gasteiger charge is -2.17. The van der Waals surface area contributed by atoms with Gasteiger partial charge in [-0.2, -0.15) is 0 Å². The van der Waals surface area contributed by atoms with Crippen LogP contribution < -0.4 is 15.0 Å². The maximum absolute atomic E-state index is 12.5. The topological polar surface area (TPSA) is 84.9 Å². The number of halogens is 2. The first-order valence-electron chi connectivity index (χ1n) is 10.8. The molecular formula is C26H22Cl2N2O5. The van der Waals surface area contributed by atoms with Gasteiger partial charge in [-0.05, 0) is 61.5 Å². The second-order valence-electron chi connectivity index (χ2n) is 8.09. The number of benzene rings is 3. The van der Waals surface area contributed by atoms with Gasteiger partial charge in [0.2, 0.25) is 5.91 Å². The summed E-state index contributed by atoms with van der Waals surface area (Å²) in [4.78, 5) is 38.7. The van der Waals surface area contributed by atoms with Crippen LogP contribution in [0.1, 0.15) is 12.0 Å². The van der Waals surface area contributed by atoms with Gasteiger partial charge in [-0.15, -0.1) is 0 Å². The molecule has 3 aromatic carbocycles. The minimum atomic E-state index is -0.673. The first-order chi connectivity index (χ1) is 16.8. The van der Waals surface area contributed by atoms with Gasteiger partial charge in [0.15, 0.2) is 6.61 Å². The molecule has 0 aliphatic carbocycles. The van der Waals surface area contributed by atoms with Crippen molar-refractivity contribution in [2.75, 3.05) is 23.4 Å². The van der Waals surface area contributed by atoms with Crippen LogP contribution in [0.5, 0.6) is 11.5 Å². The number of anilines is 2. The maximum atomic E-state index is 12.5. The summed E-state index contributed by atoms with van der Waals surface area (Å²) in [6.45, 7) is 1.66. The third-order valence-electron chi connectivity index (χ3n) is 5.41. The molecule has 180 valence electrons. The summed E-state index contributed by atoms with van der Waals surface area (Å²) in [7, 11) is 0. The SMILES string of the molecule is Cc1ccc(Oc2ccc(N3C[C@@H](C(=O)OCC(=O)Nc4cc(Cl)ccc4Cl)CC3=O)cc2)cc1. The Hall–Kier alpha value is -3.55. The van der Waals surface area contributed by atoms with E-state index in [1.165, 1.54) is 11.0 Å². The van der Waals surface area contributed by atoms with Gasteiger partial charge in [-0.25, -0.2) is 0 Å². The number of carbonyl (C=O) groups excluding carboxylic acids is 3. The molecule has 4 rings (SSSR count). The fourth-order valence-electron chi connectivity index (χ4n) is 3.59. The van der Waals surface area contributed by atoms with Gasteiger partial charge in [-0.1, -0.05) is 40.9 Å². The Morgan fingerprint density at radius 2 is 1.66 bits per heavy atom. The molecular weight excluding hydrogens is 491 g/mol. The number of carbonyl (C=O) groups is 3. The molecule has 0 unspecified atom stereocenters. The van der Waals surface area contributed by atoms with Crippen molar-refractivity contribution >= 4 is 52.4 Å². The van der Waals surface area contributed by atoms with Gasteiger partial charge >= 0.3 is 5.97 Å². The minimum absolute atomic E-state index is 0.00217. The number of hydrogen-bond acceptors (Lipinski definition) is 5. The van der Waals surface area contributed by atoms with E-state index in [-0.39, 0.29) is 18.9 Å². The van der Waals surface area contributed by atoms with Gasteiger partial charge in [0.1, 0.15) is 11.5 Å². The van der Waals surface area contributed by atoms with Crippen molar-refractivity contribution < 1.29 is 23.9 Å². The van der Waals surface area contributed by atoms with Crippen LogP contribution in [0.3, 0.4) is 0 Å². The van der Waals surface area contributed by atoms with Crippen LogP contribution in [0.15, 0.2) is 66.7 Å². The van der Waals surface area contributed by atoms with Crippen molar-refractivity contribution in [2.45, 2.75) is 13.3 Å². The smallest absolute Gasteiger partial charge is 0.311 e. The Morgan fingerprint density at radius 3 is 2.34 bits per heavy atom. The first-order valence-corrected chi connectivity index (χ1v) is 11.6. The van der Waals surface area contributed by atoms with Crippen LogP contribution in [0.4, 0.5) is 11.4 Å². The molecule has 7 nitrogen and oxygen atoms in total. The van der Waals surface area contributed by atoms with E-state index in [4.69, 9.17) is 32.7 Å². The molecule has 0 aromatic heterocycles. The lowest BCUT2D eigenvalue weighted by molar-refractivity contribution is -0.151. The summed E-state index contributed by atoms with van der Waals surface area (Å²) in [5, 5.41) is 3.25. The molecule has 2 amide bonds. The quantitative estimate of drug-likeness (QED) is 0.414. The van der Waals surface area contributed by atoms with Gasteiger partial charge in [-0.3, -0.25) is 14.4 Å². The molecule has 35 heavy (non-hydrogen) atoms. The molecule has 1 aliphatic heterocycles. The number of hydrogen-bond donors (Lipinski definition) is 1. The van der Waals surface area contributed by atoms with Crippen LogP contribution in [0, 0.1) is 12.8 Å². The minimum Gasteiger partial charge on any atom is -0.457 e. The molecule has 1 N–H and O–H groups in total. The van der Waals surface area contributed by atoms with Crippen LogP contribution in [-0.4, -0.2) is 30.9 Å². The summed E-state index contributed by atoms with van der Waals surface area (Å²) >= 11 is 11.9. The first kappa shape index (κ1) is 24.6. The highest BCUT2D eigenvalue weighted by molar-refractivity contribution is 6.35. The number of ether oxygens (including phenoxy) is 2. The number of nitrogens with one attached hydrogen (secondary N) is 1. The predicted molar refractivity (Wildman–Crippen MR) is 134 cm³/mol. The Kier molecular flexibility index (Phi) is 7.58. The molecule has 1 heterocycles. The summed E-state index contributed by atoms with van der Waals surface area (Å²) in [5.41, 5.74) is 2.10. The van der Waals surface area contributed by atoms with E-state index in [1.807, 2.05) is 31.2 Å². The van der Waals surface area contributed by atoms with E-state index in [0.717, 1.165) is 5.56 Å². The number of amides is 2. The zero-order chi connectivity index (χ0) is 24.9. The second kappa shape index (κ2) is 10.8. The molecule has 3 aromatic rings. The molecule has 1 fully saturated rings. The lowest BCUT2D eigenvalue weighted by Crippen LogP contribution is -2.28. The third kappa shape index (κ3) is 6.32. The highest BCUT2D eigenvalue weighted by Gasteiger charge is 2.36. The van der Waals surface area contributed by atoms with Crippen LogP contribution >= 0.6 is 23.2 Å². The highest BCUT2D eigenvalue weighted by atomic mass is 35.5. The zero-order valence-electron chi connectivity index (χ0n) is 18.8. The zero-order valence-corrected chi connectivity index (χ0v) is 20.3. The van der Waals surface area contributed by atoms with E-state index < -0.39 is 24.4 Å². The largest absolute Gasteiger partial charge is 0.457 e. The van der Waals surface area contributed by atoms with Crippen LogP contribution in [-0.2, 0) is 19.1 Å². The van der Waals surface area contributed by atoms with Crippen molar-refractivity contribution in [3.05, 3.63) is 82.3 Å². The average Bonchev–Trinajstić information content (AvgIpc) is 3.23. The van der Waals surface area contributed by atoms with E-state index in [2.05, 4.69) is 5.32 Å². The fraction of sp³-hybridized carbons (Fsp3) is 0.192. The van der Waals surface area contributed by atoms with Gasteiger partial charge in [0.25, 0.3) is 5.91 Å². The molecule has 1 aliphatic rings. The normalized spacial score (nSPS) is 15.1. The average molecular weight is 513 g/mol. The van der Waals surface area contributed by atoms with Gasteiger partial charge < -0.3 is 19.7 Å². The number of esters is 1. The van der Waals surface area contributed by atoms with Crippen molar-refractivity contribution in [1.29, 1.82) is 0 Å². The van der Waals surface area contributed by atoms with E-state index >= 15 is 0 Å². The molecule has 0 saturated carbocycles. The monoisotopic (exact) mass is 512 g/mol. The lowest BCUT2D eigenvalue weighted by atomic mass is 10.1. The summed E-state index contributed by atoms with van der Waals surface area (Å²) in [6.07, 6.45) is 0.00217. The van der Waals surface area contributed by atoms with E-state index in [0.29, 0.717) is 32.9 Å². The van der Waals surface area contributed by atoms with E-state index in [1.54, 1.807) is 36.4 Å². The molecule has 0 spiro atoms. The van der Waals surface area contributed by atoms with Gasteiger partial charge in [0.05, 0.1) is 16.6 Å². The predicted octanol–water partition coefficient (Wildman–Crippen LogP) is 5.63. The Labute approximate surface area is 212 Å².